The summed E-state index contributed by atoms with van der Waals surface area (Å²) in [6, 6.07) is 16.6. The summed E-state index contributed by atoms with van der Waals surface area (Å²) in [6.45, 7) is 1.90. The van der Waals surface area contributed by atoms with Gasteiger partial charge in [0.25, 0.3) is 0 Å². The Morgan fingerprint density at radius 2 is 1.70 bits per heavy atom. The van der Waals surface area contributed by atoms with Gasteiger partial charge in [-0.3, -0.25) is 0 Å². The fourth-order valence-electron chi connectivity index (χ4n) is 3.07. The van der Waals surface area contributed by atoms with Gasteiger partial charge in [0.2, 0.25) is 0 Å². The zero-order valence-corrected chi connectivity index (χ0v) is 18.3. The molecule has 0 fully saturated rings. The minimum Gasteiger partial charge on any atom is -0.491 e. The van der Waals surface area contributed by atoms with E-state index in [4.69, 9.17) is 27.9 Å². The molecule has 0 spiro atoms. The fraction of sp³-hybridized carbons (Fsp3) is 0.136. The molecule has 0 atom stereocenters. The molecule has 0 saturated carbocycles. The summed E-state index contributed by atoms with van der Waals surface area (Å²) in [5.41, 5.74) is 1.61. The highest BCUT2D eigenvalue weighted by molar-refractivity contribution is 7.90. The molecule has 0 amide bonds. The largest absolute Gasteiger partial charge is 0.491 e. The number of carboxylic acids is 1. The lowest BCUT2D eigenvalue weighted by Crippen LogP contribution is -2.12. The van der Waals surface area contributed by atoms with Crippen LogP contribution in [0.3, 0.4) is 0 Å². The second kappa shape index (κ2) is 9.08. The first-order valence-corrected chi connectivity index (χ1v) is 11.4. The molecule has 3 rings (SSSR count). The standard InChI is InChI=1S/C22H18Cl2O5S/c1-2-29-21-19(24)11-17(23)12-20(21)30(27,28)13-16-10-15(8-9-18(16)22(25)26)14-6-4-3-5-7-14/h3-12H,2,13H2,1H3,(H,25,26). The van der Waals surface area contributed by atoms with Crippen molar-refractivity contribution in [2.75, 3.05) is 6.61 Å². The third kappa shape index (κ3) is 4.78. The van der Waals surface area contributed by atoms with Crippen LogP contribution in [0.5, 0.6) is 5.75 Å². The lowest BCUT2D eigenvalue weighted by molar-refractivity contribution is 0.0696. The van der Waals surface area contributed by atoms with E-state index in [-0.39, 0.29) is 38.4 Å². The van der Waals surface area contributed by atoms with Gasteiger partial charge in [-0.15, -0.1) is 0 Å². The predicted octanol–water partition coefficient (Wildman–Crippen LogP) is 5.73. The maximum atomic E-state index is 13.2. The van der Waals surface area contributed by atoms with E-state index in [1.165, 1.54) is 18.2 Å². The number of carbonyl (C=O) groups is 1. The van der Waals surface area contributed by atoms with Crippen LogP contribution in [0.25, 0.3) is 11.1 Å². The fourth-order valence-corrected chi connectivity index (χ4v) is 5.30. The molecule has 3 aromatic carbocycles. The second-order valence-corrected chi connectivity index (χ2v) is 9.25. The number of hydrogen-bond acceptors (Lipinski definition) is 4. The molecule has 0 radical (unpaired) electrons. The van der Waals surface area contributed by atoms with Gasteiger partial charge in [0.1, 0.15) is 4.90 Å². The normalized spacial score (nSPS) is 11.3. The van der Waals surface area contributed by atoms with Crippen LogP contribution in [0.15, 0.2) is 65.6 Å². The Kier molecular flexibility index (Phi) is 6.71. The van der Waals surface area contributed by atoms with Crippen LogP contribution in [0.4, 0.5) is 0 Å². The van der Waals surface area contributed by atoms with E-state index in [2.05, 4.69) is 0 Å². The first-order valence-electron chi connectivity index (χ1n) is 8.99. The van der Waals surface area contributed by atoms with E-state index in [1.807, 2.05) is 30.3 Å². The maximum absolute atomic E-state index is 13.2. The highest BCUT2D eigenvalue weighted by atomic mass is 35.5. The Hall–Kier alpha value is -2.54. The summed E-state index contributed by atoms with van der Waals surface area (Å²) < 4.78 is 31.9. The number of aromatic carboxylic acids is 1. The van der Waals surface area contributed by atoms with Gasteiger partial charge in [-0.05, 0) is 47.9 Å². The molecule has 0 aliphatic heterocycles. The van der Waals surface area contributed by atoms with E-state index >= 15 is 0 Å². The number of halogens is 2. The van der Waals surface area contributed by atoms with Gasteiger partial charge in [-0.1, -0.05) is 59.6 Å². The first kappa shape index (κ1) is 22.2. The highest BCUT2D eigenvalue weighted by Crippen LogP contribution is 2.37. The number of sulfone groups is 1. The van der Waals surface area contributed by atoms with Gasteiger partial charge in [0.05, 0.1) is 22.9 Å². The van der Waals surface area contributed by atoms with Crippen molar-refractivity contribution in [3.05, 3.63) is 81.8 Å². The van der Waals surface area contributed by atoms with E-state index < -0.39 is 21.6 Å². The first-order chi connectivity index (χ1) is 14.2. The van der Waals surface area contributed by atoms with Crippen LogP contribution in [0.2, 0.25) is 10.0 Å². The van der Waals surface area contributed by atoms with Crippen molar-refractivity contribution in [3.63, 3.8) is 0 Å². The topological polar surface area (TPSA) is 80.7 Å². The Bertz CT molecular complexity index is 1190. The molecule has 0 bridgehead atoms. The zero-order valence-electron chi connectivity index (χ0n) is 15.9. The summed E-state index contributed by atoms with van der Waals surface area (Å²) in [7, 11) is -4.02. The minimum absolute atomic E-state index is 0.000319. The van der Waals surface area contributed by atoms with Crippen molar-refractivity contribution in [2.24, 2.45) is 0 Å². The monoisotopic (exact) mass is 464 g/mol. The smallest absolute Gasteiger partial charge is 0.335 e. The molecule has 0 aromatic heterocycles. The van der Waals surface area contributed by atoms with Crippen LogP contribution < -0.4 is 4.74 Å². The molecule has 0 heterocycles. The van der Waals surface area contributed by atoms with Crippen molar-refractivity contribution < 1.29 is 23.1 Å². The van der Waals surface area contributed by atoms with E-state index in [1.54, 1.807) is 19.1 Å². The lowest BCUT2D eigenvalue weighted by atomic mass is 10.00. The van der Waals surface area contributed by atoms with Crippen LogP contribution >= 0.6 is 23.2 Å². The highest BCUT2D eigenvalue weighted by Gasteiger charge is 2.26. The van der Waals surface area contributed by atoms with Gasteiger partial charge >= 0.3 is 5.97 Å². The summed E-state index contributed by atoms with van der Waals surface area (Å²) in [5.74, 6) is -1.76. The van der Waals surface area contributed by atoms with Crippen molar-refractivity contribution >= 4 is 39.0 Å². The van der Waals surface area contributed by atoms with E-state index in [0.717, 1.165) is 5.56 Å². The average Bonchev–Trinajstić information content (AvgIpc) is 2.70. The molecule has 0 aliphatic rings. The third-order valence-electron chi connectivity index (χ3n) is 4.39. The molecular weight excluding hydrogens is 447 g/mol. The van der Waals surface area contributed by atoms with E-state index in [9.17, 15) is 18.3 Å². The molecule has 0 unspecified atom stereocenters. The molecular formula is C22H18Cl2O5S. The maximum Gasteiger partial charge on any atom is 0.335 e. The average molecular weight is 465 g/mol. The Balaban J connectivity index is 2.12. The van der Waals surface area contributed by atoms with Crippen molar-refractivity contribution in [1.29, 1.82) is 0 Å². The summed E-state index contributed by atoms with van der Waals surface area (Å²) >= 11 is 12.2. The van der Waals surface area contributed by atoms with Crippen molar-refractivity contribution in [1.82, 2.24) is 0 Å². The Labute approximate surface area is 184 Å². The van der Waals surface area contributed by atoms with Crippen LogP contribution in [-0.2, 0) is 15.6 Å². The SMILES string of the molecule is CCOc1c(Cl)cc(Cl)cc1S(=O)(=O)Cc1cc(-c2ccccc2)ccc1C(=O)O. The molecule has 5 nitrogen and oxygen atoms in total. The Morgan fingerprint density at radius 1 is 1.00 bits per heavy atom. The van der Waals surface area contributed by atoms with Gasteiger partial charge in [-0.25, -0.2) is 13.2 Å². The summed E-state index contributed by atoms with van der Waals surface area (Å²) in [4.78, 5) is 11.5. The van der Waals surface area contributed by atoms with Crippen molar-refractivity contribution in [2.45, 2.75) is 17.6 Å². The van der Waals surface area contributed by atoms with Crippen LogP contribution in [0, 0.1) is 0 Å². The molecule has 30 heavy (non-hydrogen) atoms. The lowest BCUT2D eigenvalue weighted by Gasteiger charge is -2.15. The number of benzene rings is 3. The summed E-state index contributed by atoms with van der Waals surface area (Å²) in [5, 5.41) is 9.77. The van der Waals surface area contributed by atoms with Crippen LogP contribution in [0.1, 0.15) is 22.8 Å². The van der Waals surface area contributed by atoms with Gasteiger partial charge in [0.15, 0.2) is 15.6 Å². The predicted molar refractivity (Wildman–Crippen MR) is 117 cm³/mol. The number of hydrogen-bond donors (Lipinski definition) is 1. The van der Waals surface area contributed by atoms with Gasteiger partial charge < -0.3 is 9.84 Å². The molecule has 3 aromatic rings. The number of ether oxygens (including phenoxy) is 1. The third-order valence-corrected chi connectivity index (χ3v) is 6.55. The quantitative estimate of drug-likeness (QED) is 0.482. The van der Waals surface area contributed by atoms with Gasteiger partial charge in [0, 0.05) is 5.02 Å². The molecule has 156 valence electrons. The van der Waals surface area contributed by atoms with Gasteiger partial charge in [-0.2, -0.15) is 0 Å². The Morgan fingerprint density at radius 3 is 2.33 bits per heavy atom. The van der Waals surface area contributed by atoms with Crippen molar-refractivity contribution in [3.8, 4) is 16.9 Å². The number of carboxylic acid groups (broad SMARTS) is 1. The molecule has 8 heteroatoms. The molecule has 0 saturated heterocycles. The number of rotatable bonds is 7. The zero-order chi connectivity index (χ0) is 21.9. The molecule has 0 aliphatic carbocycles. The minimum atomic E-state index is -4.02. The molecule has 1 N–H and O–H groups in total. The van der Waals surface area contributed by atoms with Crippen LogP contribution in [-0.4, -0.2) is 26.1 Å². The van der Waals surface area contributed by atoms with E-state index in [0.29, 0.717) is 5.56 Å². The summed E-state index contributed by atoms with van der Waals surface area (Å²) in [6.07, 6.45) is 0. The second-order valence-electron chi connectivity index (χ2n) is 6.45.